The normalized spacial score (nSPS) is 26.6. The van der Waals surface area contributed by atoms with Crippen LogP contribution in [-0.4, -0.2) is 58.0 Å². The molecule has 4 rings (SSSR count). The molecule has 154 valence electrons. The van der Waals surface area contributed by atoms with Gasteiger partial charge in [-0.3, -0.25) is 4.79 Å². The van der Waals surface area contributed by atoms with Crippen molar-refractivity contribution < 1.29 is 19.7 Å². The number of rotatable bonds is 3. The van der Waals surface area contributed by atoms with Gasteiger partial charge in [0.1, 0.15) is 11.7 Å². The van der Waals surface area contributed by atoms with Gasteiger partial charge >= 0.3 is 0 Å². The first-order valence-corrected chi connectivity index (χ1v) is 10.4. The summed E-state index contributed by atoms with van der Waals surface area (Å²) in [4.78, 5) is 15.4. The molecule has 0 bridgehead atoms. The maximum Gasteiger partial charge on any atom is 0.234 e. The fourth-order valence-corrected chi connectivity index (χ4v) is 4.72. The minimum absolute atomic E-state index is 0.0642. The van der Waals surface area contributed by atoms with Gasteiger partial charge in [0.2, 0.25) is 5.91 Å². The molecule has 2 aromatic rings. The molecule has 0 aliphatic carbocycles. The van der Waals surface area contributed by atoms with Crippen molar-refractivity contribution in [1.82, 2.24) is 4.90 Å². The van der Waals surface area contributed by atoms with Crippen molar-refractivity contribution in [2.24, 2.45) is 0 Å². The third kappa shape index (κ3) is 3.82. The van der Waals surface area contributed by atoms with Crippen molar-refractivity contribution in [2.45, 2.75) is 49.4 Å². The number of carbonyl (C=O) groups excluding carboxylic acids is 1. The summed E-state index contributed by atoms with van der Waals surface area (Å²) in [6, 6.07) is 19.7. The molecule has 2 saturated heterocycles. The fraction of sp³-hybridized carbons (Fsp3) is 0.458. The second-order valence-electron chi connectivity index (χ2n) is 8.50. The summed E-state index contributed by atoms with van der Waals surface area (Å²) in [6.45, 7) is 3.10. The maximum atomic E-state index is 13.6. The second-order valence-corrected chi connectivity index (χ2v) is 8.50. The van der Waals surface area contributed by atoms with Crippen molar-refractivity contribution in [2.75, 3.05) is 19.7 Å². The van der Waals surface area contributed by atoms with Crippen molar-refractivity contribution in [3.63, 3.8) is 0 Å². The molecular weight excluding hydrogens is 366 g/mol. The largest absolute Gasteiger partial charge is 0.387 e. The Hall–Kier alpha value is -2.21. The van der Waals surface area contributed by atoms with Gasteiger partial charge in [-0.25, -0.2) is 0 Å². The zero-order valence-electron chi connectivity index (χ0n) is 16.8. The monoisotopic (exact) mass is 395 g/mol. The van der Waals surface area contributed by atoms with Gasteiger partial charge in [0, 0.05) is 19.5 Å². The van der Waals surface area contributed by atoms with Gasteiger partial charge in [-0.1, -0.05) is 60.7 Å². The number of benzene rings is 2. The number of likely N-dealkylation sites (tertiary alicyclic amines) is 1. The molecule has 2 fully saturated rings. The number of aliphatic hydroxyl groups excluding tert-OH is 1. The predicted octanol–water partition coefficient (Wildman–Crippen LogP) is 2.71. The molecule has 2 aromatic carbocycles. The number of nitrogens with zero attached hydrogens (tertiary/aromatic N) is 1. The zero-order chi connectivity index (χ0) is 20.5. The SMILES string of the molecule is C[C@@]1(O)CCOC2(CCN(C(=O)C(c3ccccc3)c3ccccc3)CC2)[C@H]1O. The molecule has 2 heterocycles. The Morgan fingerprint density at radius 2 is 1.52 bits per heavy atom. The molecule has 2 atom stereocenters. The van der Waals surface area contributed by atoms with E-state index in [1.807, 2.05) is 65.6 Å². The lowest BCUT2D eigenvalue weighted by Crippen LogP contribution is -2.64. The van der Waals surface area contributed by atoms with Gasteiger partial charge in [-0.2, -0.15) is 0 Å². The van der Waals surface area contributed by atoms with E-state index in [-0.39, 0.29) is 11.8 Å². The molecule has 2 aliphatic heterocycles. The Labute approximate surface area is 171 Å². The molecular formula is C24H29NO4. The molecule has 1 amide bonds. The highest BCUT2D eigenvalue weighted by Gasteiger charge is 2.53. The van der Waals surface area contributed by atoms with Gasteiger partial charge in [0.25, 0.3) is 0 Å². The number of hydrogen-bond donors (Lipinski definition) is 2. The zero-order valence-corrected chi connectivity index (χ0v) is 16.8. The van der Waals surface area contributed by atoms with Crippen LogP contribution in [-0.2, 0) is 9.53 Å². The average molecular weight is 395 g/mol. The Balaban J connectivity index is 1.55. The van der Waals surface area contributed by atoms with E-state index in [9.17, 15) is 15.0 Å². The van der Waals surface area contributed by atoms with Gasteiger partial charge in [0.05, 0.1) is 18.1 Å². The summed E-state index contributed by atoms with van der Waals surface area (Å²) in [7, 11) is 0. The summed E-state index contributed by atoms with van der Waals surface area (Å²) < 4.78 is 5.96. The first-order valence-electron chi connectivity index (χ1n) is 10.4. The van der Waals surface area contributed by atoms with E-state index in [1.54, 1.807) is 6.92 Å². The fourth-order valence-electron chi connectivity index (χ4n) is 4.72. The lowest BCUT2D eigenvalue weighted by molar-refractivity contribution is -0.245. The van der Waals surface area contributed by atoms with Crippen LogP contribution in [0.25, 0.3) is 0 Å². The quantitative estimate of drug-likeness (QED) is 0.838. The van der Waals surface area contributed by atoms with Crippen LogP contribution in [0.1, 0.15) is 43.2 Å². The number of carbonyl (C=O) groups is 1. The van der Waals surface area contributed by atoms with Crippen LogP contribution in [0.15, 0.2) is 60.7 Å². The number of piperidine rings is 1. The molecule has 0 saturated carbocycles. The number of ether oxygens (including phenoxy) is 1. The summed E-state index contributed by atoms with van der Waals surface area (Å²) in [5.41, 5.74) is 0.0240. The summed E-state index contributed by atoms with van der Waals surface area (Å²) in [5.74, 6) is -0.291. The van der Waals surface area contributed by atoms with Crippen molar-refractivity contribution in [1.29, 1.82) is 0 Å². The lowest BCUT2D eigenvalue weighted by atomic mass is 9.75. The standard InChI is InChI=1S/C24H29NO4/c1-23(28)14-17-29-24(22(23)27)12-15-25(16-13-24)21(26)20(18-8-4-2-5-9-18)19-10-6-3-7-11-19/h2-11,20,22,27-28H,12-17H2,1H3/t22-,23+/m0/s1. The second kappa shape index (κ2) is 7.90. The van der Waals surface area contributed by atoms with Gasteiger partial charge in [-0.15, -0.1) is 0 Å². The van der Waals surface area contributed by atoms with Crippen molar-refractivity contribution >= 4 is 5.91 Å². The number of hydrogen-bond acceptors (Lipinski definition) is 4. The Morgan fingerprint density at radius 3 is 2.03 bits per heavy atom. The Bertz CT molecular complexity index is 789. The van der Waals surface area contributed by atoms with Crippen LogP contribution < -0.4 is 0 Å². The topological polar surface area (TPSA) is 70.0 Å². The Kier molecular flexibility index (Phi) is 5.47. The highest BCUT2D eigenvalue weighted by atomic mass is 16.5. The predicted molar refractivity (Wildman–Crippen MR) is 110 cm³/mol. The summed E-state index contributed by atoms with van der Waals surface area (Å²) in [5, 5.41) is 21.2. The number of amides is 1. The van der Waals surface area contributed by atoms with E-state index in [0.717, 1.165) is 11.1 Å². The van der Waals surface area contributed by atoms with E-state index in [0.29, 0.717) is 39.0 Å². The van der Waals surface area contributed by atoms with Crippen LogP contribution in [0.3, 0.4) is 0 Å². The first kappa shape index (κ1) is 20.1. The Morgan fingerprint density at radius 1 is 1.00 bits per heavy atom. The molecule has 1 spiro atoms. The van der Waals surface area contributed by atoms with Gasteiger partial charge in [0.15, 0.2) is 0 Å². The third-order valence-electron chi connectivity index (χ3n) is 6.52. The minimum atomic E-state index is -1.15. The summed E-state index contributed by atoms with van der Waals surface area (Å²) >= 11 is 0. The molecule has 0 aromatic heterocycles. The van der Waals surface area contributed by atoms with Crippen LogP contribution >= 0.6 is 0 Å². The van der Waals surface area contributed by atoms with Crippen LogP contribution in [0, 0.1) is 0 Å². The molecule has 29 heavy (non-hydrogen) atoms. The van der Waals surface area contributed by atoms with Crippen LogP contribution in [0.5, 0.6) is 0 Å². The molecule has 2 aliphatic rings. The smallest absolute Gasteiger partial charge is 0.234 e. The van der Waals surface area contributed by atoms with Crippen molar-refractivity contribution in [3.05, 3.63) is 71.8 Å². The van der Waals surface area contributed by atoms with E-state index in [2.05, 4.69) is 0 Å². The van der Waals surface area contributed by atoms with Crippen LogP contribution in [0.4, 0.5) is 0 Å². The minimum Gasteiger partial charge on any atom is -0.387 e. The summed E-state index contributed by atoms with van der Waals surface area (Å²) in [6.07, 6.45) is 0.515. The third-order valence-corrected chi connectivity index (χ3v) is 6.52. The molecule has 2 N–H and O–H groups in total. The van der Waals surface area contributed by atoms with E-state index < -0.39 is 17.3 Å². The van der Waals surface area contributed by atoms with E-state index >= 15 is 0 Å². The molecule has 5 nitrogen and oxygen atoms in total. The molecule has 5 heteroatoms. The molecule has 0 radical (unpaired) electrons. The first-order chi connectivity index (χ1) is 13.9. The molecule has 0 unspecified atom stereocenters. The average Bonchev–Trinajstić information content (AvgIpc) is 2.74. The van der Waals surface area contributed by atoms with Crippen LogP contribution in [0.2, 0.25) is 0 Å². The number of aliphatic hydroxyl groups is 2. The highest BCUT2D eigenvalue weighted by Crippen LogP contribution is 2.40. The van der Waals surface area contributed by atoms with Gasteiger partial charge in [-0.05, 0) is 30.9 Å². The van der Waals surface area contributed by atoms with Crippen molar-refractivity contribution in [3.8, 4) is 0 Å². The lowest BCUT2D eigenvalue weighted by Gasteiger charge is -2.51. The van der Waals surface area contributed by atoms with E-state index in [1.165, 1.54) is 0 Å². The van der Waals surface area contributed by atoms with Gasteiger partial charge < -0.3 is 19.8 Å². The maximum absolute atomic E-state index is 13.6. The van der Waals surface area contributed by atoms with E-state index in [4.69, 9.17) is 4.74 Å². The highest BCUT2D eigenvalue weighted by molar-refractivity contribution is 5.87.